The Bertz CT molecular complexity index is 667. The van der Waals surface area contributed by atoms with Gasteiger partial charge in [0.25, 0.3) is 0 Å². The number of hydrogen-bond donors (Lipinski definition) is 2. The van der Waals surface area contributed by atoms with Gasteiger partial charge in [0, 0.05) is 6.07 Å². The molecule has 1 heterocycles. The Balaban J connectivity index is 2.07. The Kier molecular flexibility index (Phi) is 2.47. The molecule has 3 heteroatoms. The number of benzene rings is 1. The fourth-order valence-electron chi connectivity index (χ4n) is 2.61. The minimum absolute atomic E-state index is 0.325. The van der Waals surface area contributed by atoms with Crippen molar-refractivity contribution in [3.8, 4) is 5.75 Å². The molecule has 3 rings (SSSR count). The second-order valence-corrected chi connectivity index (χ2v) is 5.33. The molecular formula is C16H17N2O+. The summed E-state index contributed by atoms with van der Waals surface area (Å²) in [6.07, 6.45) is 7.62. The van der Waals surface area contributed by atoms with Gasteiger partial charge in [0.15, 0.2) is 23.7 Å². The first kappa shape index (κ1) is 11.9. The number of phenolic OH excluding ortho intramolecular Hbond substituents is 1. The van der Waals surface area contributed by atoms with Crippen LogP contribution >= 0.6 is 0 Å². The highest BCUT2D eigenvalue weighted by molar-refractivity contribution is 6.10. The molecule has 0 bridgehead atoms. The molecule has 1 aromatic carbocycles. The van der Waals surface area contributed by atoms with E-state index in [1.54, 1.807) is 12.1 Å². The fourth-order valence-corrected chi connectivity index (χ4v) is 2.61. The first-order valence-corrected chi connectivity index (χ1v) is 6.35. The monoisotopic (exact) mass is 253 g/mol. The fraction of sp³-hybridized carbons (Fsp3) is 0.188. The molecule has 2 N–H and O–H groups in total. The van der Waals surface area contributed by atoms with Crippen molar-refractivity contribution in [1.82, 2.24) is 4.48 Å². The molecule has 19 heavy (non-hydrogen) atoms. The van der Waals surface area contributed by atoms with Crippen LogP contribution in [0.4, 0.5) is 5.69 Å². The first-order valence-electron chi connectivity index (χ1n) is 6.35. The smallest absolute Gasteiger partial charge is 0.180 e. The summed E-state index contributed by atoms with van der Waals surface area (Å²) in [4.78, 5) is 0. The number of nitrogens with zero attached hydrogens (tertiary/aromatic N) is 1. The van der Waals surface area contributed by atoms with Crippen LogP contribution < -0.4 is 4.48 Å². The third-order valence-corrected chi connectivity index (χ3v) is 3.86. The van der Waals surface area contributed by atoms with E-state index in [1.807, 2.05) is 37.3 Å². The average molecular weight is 253 g/mol. The van der Waals surface area contributed by atoms with Gasteiger partial charge in [-0.25, -0.2) is 4.48 Å². The Morgan fingerprint density at radius 2 is 1.95 bits per heavy atom. The highest BCUT2D eigenvalue weighted by atomic mass is 16.3. The van der Waals surface area contributed by atoms with Crippen molar-refractivity contribution in [2.24, 2.45) is 0 Å². The van der Waals surface area contributed by atoms with Crippen LogP contribution in [0.15, 0.2) is 53.8 Å². The van der Waals surface area contributed by atoms with Crippen LogP contribution in [-0.2, 0) is 0 Å². The minimum atomic E-state index is 0.325. The Hall–Kier alpha value is -2.13. The largest absolute Gasteiger partial charge is 0.503 e. The van der Waals surface area contributed by atoms with Crippen LogP contribution in [0.3, 0.4) is 0 Å². The molecule has 0 saturated carbocycles. The summed E-state index contributed by atoms with van der Waals surface area (Å²) in [5.74, 6) is 0.325. The molecule has 0 spiro atoms. The normalized spacial score (nSPS) is 28.8. The zero-order valence-corrected chi connectivity index (χ0v) is 11.1. The van der Waals surface area contributed by atoms with E-state index >= 15 is 0 Å². The Morgan fingerprint density at radius 3 is 2.68 bits per heavy atom. The van der Waals surface area contributed by atoms with E-state index in [4.69, 9.17) is 5.41 Å². The van der Waals surface area contributed by atoms with Gasteiger partial charge in [-0.3, -0.25) is 0 Å². The summed E-state index contributed by atoms with van der Waals surface area (Å²) in [5, 5.41) is 18.1. The van der Waals surface area contributed by atoms with Crippen LogP contribution in [-0.4, -0.2) is 24.4 Å². The van der Waals surface area contributed by atoms with E-state index in [1.165, 1.54) is 5.70 Å². The Labute approximate surface area is 112 Å². The van der Waals surface area contributed by atoms with Gasteiger partial charge in [0.1, 0.15) is 0 Å². The van der Waals surface area contributed by atoms with Gasteiger partial charge in [-0.2, -0.15) is 0 Å². The molecule has 1 saturated heterocycles. The molecule has 96 valence electrons. The number of hydrogen-bond acceptors (Lipinski definition) is 2. The van der Waals surface area contributed by atoms with E-state index < -0.39 is 0 Å². The van der Waals surface area contributed by atoms with Gasteiger partial charge in [-0.1, -0.05) is 18.2 Å². The third kappa shape index (κ3) is 1.83. The minimum Gasteiger partial charge on any atom is -0.503 e. The second-order valence-electron chi connectivity index (χ2n) is 5.33. The summed E-state index contributed by atoms with van der Waals surface area (Å²) in [5.41, 5.74) is 4.76. The van der Waals surface area contributed by atoms with E-state index in [-0.39, 0.29) is 0 Å². The van der Waals surface area contributed by atoms with Gasteiger partial charge >= 0.3 is 0 Å². The van der Waals surface area contributed by atoms with Gasteiger partial charge in [0.2, 0.25) is 0 Å². The van der Waals surface area contributed by atoms with Gasteiger partial charge in [-0.15, -0.1) is 0 Å². The molecule has 2 aliphatic rings. The maximum absolute atomic E-state index is 10.1. The summed E-state index contributed by atoms with van der Waals surface area (Å²) >= 11 is 0. The molecule has 1 atom stereocenters. The van der Waals surface area contributed by atoms with Crippen LogP contribution in [0, 0.1) is 12.3 Å². The summed E-state index contributed by atoms with van der Waals surface area (Å²) in [6.45, 7) is 2.88. The van der Waals surface area contributed by atoms with Crippen LogP contribution in [0.25, 0.3) is 0 Å². The number of allylic oxidation sites excluding steroid dienone is 5. The molecule has 1 aliphatic heterocycles. The third-order valence-electron chi connectivity index (χ3n) is 3.86. The number of aromatic hydroxyl groups is 1. The maximum atomic E-state index is 10.1. The second kappa shape index (κ2) is 3.93. The van der Waals surface area contributed by atoms with Gasteiger partial charge in [-0.05, 0) is 30.7 Å². The molecule has 0 amide bonds. The van der Waals surface area contributed by atoms with Crippen molar-refractivity contribution in [1.29, 1.82) is 5.41 Å². The van der Waals surface area contributed by atoms with Crippen LogP contribution in [0.5, 0.6) is 5.75 Å². The van der Waals surface area contributed by atoms with Crippen molar-refractivity contribution in [3.05, 3.63) is 59.3 Å². The summed E-state index contributed by atoms with van der Waals surface area (Å²) in [7, 11) is 2.08. The highest BCUT2D eigenvalue weighted by Crippen LogP contribution is 2.47. The molecule has 0 aromatic heterocycles. The van der Waals surface area contributed by atoms with E-state index in [9.17, 15) is 5.11 Å². The average Bonchev–Trinajstić information content (AvgIpc) is 3.06. The lowest BCUT2D eigenvalue weighted by molar-refractivity contribution is 0.463. The number of quaternary nitrogens is 1. The number of rotatable bonds is 1. The molecule has 3 nitrogen and oxygen atoms in total. The van der Waals surface area contributed by atoms with E-state index in [0.717, 1.165) is 23.4 Å². The molecule has 1 aliphatic carbocycles. The number of aryl methyl sites for hydroxylation is 1. The van der Waals surface area contributed by atoms with Crippen molar-refractivity contribution >= 4 is 11.4 Å². The number of phenols is 1. The standard InChI is InChI=1S/C16H16N2O/c1-11-7-8-16(19)14(9-11)18(2)10-15(18)12-5-3-4-6-13(12)17/h3-9,17H,10H2,1-2H3/p+1/b15-12-,17-13?. The first-order chi connectivity index (χ1) is 9.02. The Morgan fingerprint density at radius 1 is 1.21 bits per heavy atom. The maximum Gasteiger partial charge on any atom is 0.180 e. The lowest BCUT2D eigenvalue weighted by Gasteiger charge is -2.14. The molecule has 1 fully saturated rings. The van der Waals surface area contributed by atoms with Crippen molar-refractivity contribution in [2.45, 2.75) is 6.92 Å². The topological polar surface area (TPSA) is 44.1 Å². The van der Waals surface area contributed by atoms with Gasteiger partial charge < -0.3 is 10.5 Å². The SMILES string of the molecule is Cc1ccc(O)c([N+]2(C)C/C2=C2\C=CC=CC2=N)c1. The van der Waals surface area contributed by atoms with E-state index in [0.29, 0.717) is 15.9 Å². The number of likely N-dealkylation sites (N-methyl/N-ethyl adjacent to an activating group) is 1. The predicted octanol–water partition coefficient (Wildman–Crippen LogP) is 3.05. The lowest BCUT2D eigenvalue weighted by atomic mass is 10.1. The molecule has 0 radical (unpaired) electrons. The van der Waals surface area contributed by atoms with Crippen LogP contribution in [0.1, 0.15) is 5.56 Å². The molecule has 1 aromatic rings. The van der Waals surface area contributed by atoms with Gasteiger partial charge in [0.05, 0.1) is 18.3 Å². The van der Waals surface area contributed by atoms with E-state index in [2.05, 4.69) is 7.05 Å². The predicted molar refractivity (Wildman–Crippen MR) is 78.5 cm³/mol. The molecular weight excluding hydrogens is 236 g/mol. The zero-order chi connectivity index (χ0) is 13.6. The number of nitrogens with one attached hydrogen (secondary N) is 1. The zero-order valence-electron chi connectivity index (χ0n) is 11.1. The highest BCUT2D eigenvalue weighted by Gasteiger charge is 2.52. The summed E-state index contributed by atoms with van der Waals surface area (Å²) < 4.78 is 0.601. The molecule has 1 unspecified atom stereocenters. The van der Waals surface area contributed by atoms with Crippen molar-refractivity contribution in [3.63, 3.8) is 0 Å². The van der Waals surface area contributed by atoms with Crippen molar-refractivity contribution < 1.29 is 5.11 Å². The summed E-state index contributed by atoms with van der Waals surface area (Å²) in [6, 6.07) is 5.68. The van der Waals surface area contributed by atoms with Crippen molar-refractivity contribution in [2.75, 3.05) is 13.6 Å². The lowest BCUT2D eigenvalue weighted by Crippen LogP contribution is -2.19. The van der Waals surface area contributed by atoms with Crippen LogP contribution in [0.2, 0.25) is 0 Å². The quantitative estimate of drug-likeness (QED) is 0.586.